The van der Waals surface area contributed by atoms with Crippen LogP contribution in [0.4, 0.5) is 17.6 Å². The summed E-state index contributed by atoms with van der Waals surface area (Å²) < 4.78 is 69.2. The Kier molecular flexibility index (Phi) is 6.95. The molecule has 9 nitrogen and oxygen atoms in total. The van der Waals surface area contributed by atoms with Gasteiger partial charge < -0.3 is 25.0 Å². The van der Waals surface area contributed by atoms with Crippen LogP contribution in [0.5, 0.6) is 11.5 Å². The van der Waals surface area contributed by atoms with Crippen molar-refractivity contribution in [1.29, 1.82) is 0 Å². The molecule has 0 spiro atoms. The summed E-state index contributed by atoms with van der Waals surface area (Å²) in [6, 6.07) is 11.6. The zero-order valence-corrected chi connectivity index (χ0v) is 23.1. The number of alkyl halides is 3. The minimum atomic E-state index is -5.38. The van der Waals surface area contributed by atoms with Gasteiger partial charge in [0.1, 0.15) is 40.5 Å². The summed E-state index contributed by atoms with van der Waals surface area (Å²) in [7, 11) is 0. The summed E-state index contributed by atoms with van der Waals surface area (Å²) in [5.41, 5.74) is -6.31. The number of benzene rings is 2. The minimum Gasteiger partial charge on any atom is -0.489 e. The Morgan fingerprint density at radius 2 is 1.86 bits per heavy atom. The molecular formula is C31H25F4N3O6. The molecule has 0 unspecified atom stereocenters. The van der Waals surface area contributed by atoms with Gasteiger partial charge in [-0.2, -0.15) is 13.2 Å². The van der Waals surface area contributed by atoms with E-state index in [0.717, 1.165) is 31.0 Å². The van der Waals surface area contributed by atoms with E-state index in [1.54, 1.807) is 18.3 Å². The summed E-state index contributed by atoms with van der Waals surface area (Å²) in [4.78, 5) is 33.8. The van der Waals surface area contributed by atoms with Gasteiger partial charge in [0.2, 0.25) is 5.60 Å². The molecule has 4 aromatic rings. The lowest BCUT2D eigenvalue weighted by Gasteiger charge is -2.31. The number of rotatable bonds is 8. The first-order valence-electron chi connectivity index (χ1n) is 13.6. The highest BCUT2D eigenvalue weighted by Gasteiger charge is 2.58. The van der Waals surface area contributed by atoms with Crippen molar-refractivity contribution in [3.05, 3.63) is 83.4 Å². The Hall–Kier alpha value is -4.78. The fourth-order valence-corrected chi connectivity index (χ4v) is 4.97. The molecule has 2 aliphatic rings. The second-order valence-corrected chi connectivity index (χ2v) is 11.1. The van der Waals surface area contributed by atoms with Crippen LogP contribution < -0.4 is 14.8 Å². The molecule has 228 valence electrons. The molecule has 1 fully saturated rings. The van der Waals surface area contributed by atoms with Gasteiger partial charge in [-0.15, -0.1) is 0 Å². The molecule has 1 aliphatic heterocycles. The van der Waals surface area contributed by atoms with Crippen LogP contribution in [0.1, 0.15) is 41.4 Å². The summed E-state index contributed by atoms with van der Waals surface area (Å²) in [6.45, 7) is -0.511. The number of carboxylic acids is 1. The summed E-state index contributed by atoms with van der Waals surface area (Å²) in [5.74, 6) is -2.73. The number of pyridine rings is 2. The van der Waals surface area contributed by atoms with Crippen LogP contribution in [0, 0.1) is 5.82 Å². The molecular weight excluding hydrogens is 586 g/mol. The van der Waals surface area contributed by atoms with Crippen molar-refractivity contribution < 1.29 is 46.8 Å². The number of hydrogen-bond donors (Lipinski definition) is 3. The fourth-order valence-electron chi connectivity index (χ4n) is 4.97. The van der Waals surface area contributed by atoms with E-state index in [1.807, 2.05) is 0 Å². The summed E-state index contributed by atoms with van der Waals surface area (Å²) in [5, 5.41) is 23.8. The number of amides is 1. The normalized spacial score (nSPS) is 19.1. The van der Waals surface area contributed by atoms with Gasteiger partial charge in [0, 0.05) is 28.3 Å². The van der Waals surface area contributed by atoms with Crippen LogP contribution in [0.3, 0.4) is 0 Å². The highest BCUT2D eigenvalue weighted by atomic mass is 19.4. The average molecular weight is 612 g/mol. The third-order valence-electron chi connectivity index (χ3n) is 7.81. The molecule has 6 rings (SSSR count). The van der Waals surface area contributed by atoms with E-state index < -0.39 is 53.7 Å². The van der Waals surface area contributed by atoms with E-state index in [1.165, 1.54) is 31.2 Å². The number of aromatic nitrogens is 2. The molecule has 2 atom stereocenters. The largest absolute Gasteiger partial charge is 0.489 e. The van der Waals surface area contributed by atoms with Gasteiger partial charge in [0.25, 0.3) is 5.91 Å². The van der Waals surface area contributed by atoms with Gasteiger partial charge in [-0.05, 0) is 68.3 Å². The minimum absolute atomic E-state index is 0.0218. The SMILES string of the molecule is C[C@]1(C(=O)O)COc2c1cc([C@@](O)(CNC(=O)c1cc(OC3CC3)c3ncccc3c1)C(F)(F)F)nc2-c1ccc(F)cc1. The molecule has 13 heteroatoms. The first kappa shape index (κ1) is 29.3. The van der Waals surface area contributed by atoms with E-state index in [9.17, 15) is 37.4 Å². The molecule has 0 radical (unpaired) electrons. The molecule has 2 aromatic carbocycles. The summed E-state index contributed by atoms with van der Waals surface area (Å²) in [6.07, 6.45) is -2.23. The van der Waals surface area contributed by atoms with Crippen LogP contribution >= 0.6 is 0 Å². The van der Waals surface area contributed by atoms with Gasteiger partial charge in [0.15, 0.2) is 0 Å². The van der Waals surface area contributed by atoms with Gasteiger partial charge in [-0.1, -0.05) is 6.07 Å². The van der Waals surface area contributed by atoms with Crippen molar-refractivity contribution in [3.63, 3.8) is 0 Å². The second-order valence-electron chi connectivity index (χ2n) is 11.1. The lowest BCUT2D eigenvalue weighted by atomic mass is 9.82. The molecule has 1 amide bonds. The van der Waals surface area contributed by atoms with Gasteiger partial charge in [0.05, 0.1) is 18.3 Å². The Morgan fingerprint density at radius 1 is 1.14 bits per heavy atom. The van der Waals surface area contributed by atoms with Gasteiger partial charge in [-0.25, -0.2) is 9.37 Å². The molecule has 3 heterocycles. The van der Waals surface area contributed by atoms with Crippen molar-refractivity contribution in [2.45, 2.75) is 43.1 Å². The third kappa shape index (κ3) is 5.06. The van der Waals surface area contributed by atoms with Crippen LogP contribution in [0.15, 0.2) is 60.8 Å². The molecule has 2 aromatic heterocycles. The smallest absolute Gasteiger partial charge is 0.424 e. The second kappa shape index (κ2) is 10.4. The maximum atomic E-state index is 14.7. The fraction of sp³-hybridized carbons (Fsp3) is 0.290. The number of carboxylic acid groups (broad SMARTS) is 1. The molecule has 0 bridgehead atoms. The van der Waals surface area contributed by atoms with E-state index in [0.29, 0.717) is 16.7 Å². The van der Waals surface area contributed by atoms with Crippen molar-refractivity contribution in [2.75, 3.05) is 13.2 Å². The van der Waals surface area contributed by atoms with Gasteiger partial charge in [-0.3, -0.25) is 14.6 Å². The number of nitrogens with zero attached hydrogens (tertiary/aromatic N) is 2. The lowest BCUT2D eigenvalue weighted by molar-refractivity contribution is -0.265. The number of aliphatic carboxylic acids is 1. The van der Waals surface area contributed by atoms with Crippen molar-refractivity contribution in [1.82, 2.24) is 15.3 Å². The Labute approximate surface area is 247 Å². The molecule has 3 N–H and O–H groups in total. The Bertz CT molecular complexity index is 1790. The average Bonchev–Trinajstić information content (AvgIpc) is 3.74. The topological polar surface area (TPSA) is 131 Å². The van der Waals surface area contributed by atoms with Crippen molar-refractivity contribution in [2.24, 2.45) is 0 Å². The number of fused-ring (bicyclic) bond motifs is 2. The number of aliphatic hydroxyl groups is 1. The van der Waals surface area contributed by atoms with E-state index in [-0.39, 0.29) is 34.2 Å². The number of carbonyl (C=O) groups is 2. The zero-order chi connectivity index (χ0) is 31.4. The number of hydrogen-bond acceptors (Lipinski definition) is 7. The first-order valence-corrected chi connectivity index (χ1v) is 13.6. The predicted molar refractivity (Wildman–Crippen MR) is 148 cm³/mol. The Morgan fingerprint density at radius 3 is 2.52 bits per heavy atom. The van der Waals surface area contributed by atoms with Crippen molar-refractivity contribution in [3.8, 4) is 22.8 Å². The maximum Gasteiger partial charge on any atom is 0.424 e. The Balaban J connectivity index is 1.40. The molecule has 44 heavy (non-hydrogen) atoms. The first-order chi connectivity index (χ1) is 20.8. The van der Waals surface area contributed by atoms with Crippen molar-refractivity contribution >= 4 is 22.8 Å². The quantitative estimate of drug-likeness (QED) is 0.240. The third-order valence-corrected chi connectivity index (χ3v) is 7.81. The molecule has 1 aliphatic carbocycles. The number of halogens is 4. The maximum absolute atomic E-state index is 14.7. The number of carbonyl (C=O) groups excluding carboxylic acids is 1. The number of ether oxygens (including phenoxy) is 2. The standard InChI is InChI=1S/C31H25F4N3O6/c1-29(28(40)41)15-43-26-21(29)13-23(38-25(26)16-4-6-19(32)7-5-16)30(42,31(33,34)35)14-37-27(39)18-11-17-3-2-10-36-24(17)22(12-18)44-20-8-9-20/h2-7,10-13,20,42H,8-9,14-15H2,1H3,(H,37,39)(H,40,41)/t29-,30-/m0/s1. The highest BCUT2D eigenvalue weighted by molar-refractivity contribution is 6.00. The zero-order valence-electron chi connectivity index (χ0n) is 23.1. The number of nitrogens with one attached hydrogen (secondary N) is 1. The highest BCUT2D eigenvalue weighted by Crippen LogP contribution is 2.48. The van der Waals surface area contributed by atoms with Crippen LogP contribution in [-0.2, 0) is 15.8 Å². The van der Waals surface area contributed by atoms with Crippen LogP contribution in [0.2, 0.25) is 0 Å². The molecule has 1 saturated carbocycles. The van der Waals surface area contributed by atoms with E-state index in [2.05, 4.69) is 15.3 Å². The molecule has 0 saturated heterocycles. The predicted octanol–water partition coefficient (Wildman–Crippen LogP) is 4.89. The monoisotopic (exact) mass is 611 g/mol. The van der Waals surface area contributed by atoms with Crippen LogP contribution in [-0.4, -0.2) is 57.5 Å². The van der Waals surface area contributed by atoms with E-state index in [4.69, 9.17) is 9.47 Å². The van der Waals surface area contributed by atoms with Crippen LogP contribution in [0.25, 0.3) is 22.2 Å². The lowest BCUT2D eigenvalue weighted by Crippen LogP contribution is -2.51. The summed E-state index contributed by atoms with van der Waals surface area (Å²) >= 11 is 0. The van der Waals surface area contributed by atoms with E-state index >= 15 is 0 Å². The van der Waals surface area contributed by atoms with Gasteiger partial charge >= 0.3 is 12.1 Å².